The van der Waals surface area contributed by atoms with Gasteiger partial charge in [-0.05, 0) is 25.7 Å². The average molecular weight is 237 g/mol. The molecule has 2 amide bonds. The van der Waals surface area contributed by atoms with Crippen LogP contribution in [0.2, 0.25) is 0 Å². The minimum atomic E-state index is -0.667. The van der Waals surface area contributed by atoms with Crippen molar-refractivity contribution in [2.24, 2.45) is 5.92 Å². The van der Waals surface area contributed by atoms with E-state index in [1.807, 2.05) is 0 Å². The predicted octanol–water partition coefficient (Wildman–Crippen LogP) is 1.24. The minimum absolute atomic E-state index is 0.129. The van der Waals surface area contributed by atoms with E-state index in [-0.39, 0.29) is 18.4 Å². The molecule has 0 radical (unpaired) electrons. The second-order valence-electron chi connectivity index (χ2n) is 5.39. The van der Waals surface area contributed by atoms with E-state index in [4.69, 9.17) is 0 Å². The molecule has 4 heteroatoms. The van der Waals surface area contributed by atoms with Gasteiger partial charge in [-0.25, -0.2) is 0 Å². The molecule has 4 nitrogen and oxygen atoms in total. The van der Waals surface area contributed by atoms with Gasteiger partial charge in [-0.15, -0.1) is 0 Å². The summed E-state index contributed by atoms with van der Waals surface area (Å²) in [5.74, 6) is -0.0637. The molecule has 17 heavy (non-hydrogen) atoms. The minimum Gasteiger partial charge on any atom is -0.394 e. The van der Waals surface area contributed by atoms with Crippen LogP contribution < -0.4 is 0 Å². The van der Waals surface area contributed by atoms with Crippen molar-refractivity contribution in [2.45, 2.75) is 45.1 Å². The molecule has 0 aromatic heterocycles. The van der Waals surface area contributed by atoms with Gasteiger partial charge >= 0.3 is 0 Å². The highest BCUT2D eigenvalue weighted by molar-refractivity contribution is 6.16. The van der Waals surface area contributed by atoms with Crippen molar-refractivity contribution < 1.29 is 14.7 Å². The van der Waals surface area contributed by atoms with Gasteiger partial charge in [-0.1, -0.05) is 19.8 Å². The van der Waals surface area contributed by atoms with Crippen molar-refractivity contribution in [2.75, 3.05) is 6.61 Å². The van der Waals surface area contributed by atoms with E-state index in [2.05, 4.69) is 6.92 Å². The SMILES string of the molecule is CC1=CC(=O)N(C2(CO)CCCC(C)C2)C1=O. The fraction of sp³-hybridized carbons (Fsp3) is 0.692. The Morgan fingerprint density at radius 2 is 2.24 bits per heavy atom. The molecule has 2 aliphatic rings. The Hall–Kier alpha value is -1.16. The van der Waals surface area contributed by atoms with Crippen LogP contribution in [0.4, 0.5) is 0 Å². The van der Waals surface area contributed by atoms with Gasteiger partial charge in [0.25, 0.3) is 11.8 Å². The molecular weight excluding hydrogens is 218 g/mol. The van der Waals surface area contributed by atoms with Crippen LogP contribution in [0.1, 0.15) is 39.5 Å². The maximum atomic E-state index is 12.0. The van der Waals surface area contributed by atoms with Gasteiger partial charge < -0.3 is 5.11 Å². The highest BCUT2D eigenvalue weighted by atomic mass is 16.3. The van der Waals surface area contributed by atoms with E-state index >= 15 is 0 Å². The first kappa shape index (κ1) is 12.3. The van der Waals surface area contributed by atoms with Crippen molar-refractivity contribution in [3.8, 4) is 0 Å². The number of aliphatic hydroxyl groups excluding tert-OH is 1. The first-order valence-corrected chi connectivity index (χ1v) is 6.18. The number of amides is 2. The van der Waals surface area contributed by atoms with Crippen molar-refractivity contribution in [1.29, 1.82) is 0 Å². The summed E-state index contributed by atoms with van der Waals surface area (Å²) in [6.45, 7) is 3.63. The monoisotopic (exact) mass is 237 g/mol. The van der Waals surface area contributed by atoms with E-state index < -0.39 is 5.54 Å². The summed E-state index contributed by atoms with van der Waals surface area (Å²) in [6.07, 6.45) is 4.86. The summed E-state index contributed by atoms with van der Waals surface area (Å²) in [4.78, 5) is 25.2. The molecular formula is C13H19NO3. The molecule has 1 heterocycles. The van der Waals surface area contributed by atoms with Crippen LogP contribution in [0.25, 0.3) is 0 Å². The molecule has 2 unspecified atom stereocenters. The standard InChI is InChI=1S/C13H19NO3/c1-9-4-3-5-13(7-9,8-15)14-11(16)6-10(2)12(14)17/h6,9,15H,3-5,7-8H2,1-2H3. The summed E-state index contributed by atoms with van der Waals surface area (Å²) in [6, 6.07) is 0. The molecule has 2 atom stereocenters. The second-order valence-corrected chi connectivity index (χ2v) is 5.39. The molecule has 94 valence electrons. The molecule has 0 spiro atoms. The zero-order valence-electron chi connectivity index (χ0n) is 10.4. The number of hydrogen-bond acceptors (Lipinski definition) is 3. The Labute approximate surface area is 101 Å². The summed E-state index contributed by atoms with van der Waals surface area (Å²) < 4.78 is 0. The lowest BCUT2D eigenvalue weighted by atomic mass is 9.75. The molecule has 1 saturated carbocycles. The van der Waals surface area contributed by atoms with Crippen LogP contribution in [-0.2, 0) is 9.59 Å². The first-order valence-electron chi connectivity index (χ1n) is 6.18. The van der Waals surface area contributed by atoms with Gasteiger partial charge in [0.15, 0.2) is 0 Å². The van der Waals surface area contributed by atoms with Crippen LogP contribution in [0.5, 0.6) is 0 Å². The van der Waals surface area contributed by atoms with Crippen molar-refractivity contribution in [3.63, 3.8) is 0 Å². The lowest BCUT2D eigenvalue weighted by Gasteiger charge is -2.44. The molecule has 0 aromatic rings. The second kappa shape index (κ2) is 4.26. The van der Waals surface area contributed by atoms with Gasteiger partial charge in [0.2, 0.25) is 0 Å². The number of imide groups is 1. The van der Waals surface area contributed by atoms with Crippen LogP contribution in [0.3, 0.4) is 0 Å². The van der Waals surface area contributed by atoms with Gasteiger partial charge in [0.1, 0.15) is 0 Å². The number of hydrogen-bond donors (Lipinski definition) is 1. The Balaban J connectivity index is 2.30. The zero-order valence-corrected chi connectivity index (χ0v) is 10.4. The highest BCUT2D eigenvalue weighted by Crippen LogP contribution is 2.38. The molecule has 1 aliphatic carbocycles. The Kier molecular flexibility index (Phi) is 3.08. The molecule has 0 aromatic carbocycles. The third-order valence-corrected chi connectivity index (χ3v) is 3.94. The van der Waals surface area contributed by atoms with Gasteiger partial charge in [-0.3, -0.25) is 14.5 Å². The van der Waals surface area contributed by atoms with Crippen molar-refractivity contribution >= 4 is 11.8 Å². The van der Waals surface area contributed by atoms with Crippen LogP contribution in [0.15, 0.2) is 11.6 Å². The number of rotatable bonds is 2. The molecule has 0 bridgehead atoms. The molecule has 1 aliphatic heterocycles. The molecule has 2 rings (SSSR count). The fourth-order valence-corrected chi connectivity index (χ4v) is 3.09. The maximum absolute atomic E-state index is 12.0. The third-order valence-electron chi connectivity index (χ3n) is 3.94. The molecule has 1 fully saturated rings. The number of nitrogens with zero attached hydrogens (tertiary/aromatic N) is 1. The quantitative estimate of drug-likeness (QED) is 0.735. The highest BCUT2D eigenvalue weighted by Gasteiger charge is 2.47. The van der Waals surface area contributed by atoms with Gasteiger partial charge in [-0.2, -0.15) is 0 Å². The number of carbonyl (C=O) groups excluding carboxylic acids is 2. The smallest absolute Gasteiger partial charge is 0.257 e. The summed E-state index contributed by atoms with van der Waals surface area (Å²) >= 11 is 0. The first-order chi connectivity index (χ1) is 8.00. The van der Waals surface area contributed by atoms with E-state index in [0.717, 1.165) is 12.8 Å². The van der Waals surface area contributed by atoms with Gasteiger partial charge in [0.05, 0.1) is 12.1 Å². The zero-order chi connectivity index (χ0) is 12.6. The molecule has 0 saturated heterocycles. The van der Waals surface area contributed by atoms with Crippen LogP contribution >= 0.6 is 0 Å². The van der Waals surface area contributed by atoms with E-state index in [1.54, 1.807) is 6.92 Å². The maximum Gasteiger partial charge on any atom is 0.257 e. The Bertz CT molecular complexity index is 388. The average Bonchev–Trinajstić information content (AvgIpc) is 2.53. The Morgan fingerprint density at radius 1 is 1.53 bits per heavy atom. The lowest BCUT2D eigenvalue weighted by molar-refractivity contribution is -0.149. The van der Waals surface area contributed by atoms with Crippen molar-refractivity contribution in [1.82, 2.24) is 4.90 Å². The predicted molar refractivity (Wildman–Crippen MR) is 63.1 cm³/mol. The van der Waals surface area contributed by atoms with Crippen LogP contribution in [0, 0.1) is 5.92 Å². The number of carbonyl (C=O) groups is 2. The lowest BCUT2D eigenvalue weighted by Crippen LogP contribution is -2.56. The summed E-state index contributed by atoms with van der Waals surface area (Å²) in [5.41, 5.74) is -0.193. The normalized spacial score (nSPS) is 34.2. The van der Waals surface area contributed by atoms with Crippen molar-refractivity contribution in [3.05, 3.63) is 11.6 Å². The Morgan fingerprint density at radius 3 is 2.71 bits per heavy atom. The largest absolute Gasteiger partial charge is 0.394 e. The van der Waals surface area contributed by atoms with E-state index in [0.29, 0.717) is 24.3 Å². The fourth-order valence-electron chi connectivity index (χ4n) is 3.09. The van der Waals surface area contributed by atoms with E-state index in [1.165, 1.54) is 11.0 Å². The molecule has 1 N–H and O–H groups in total. The number of aliphatic hydroxyl groups is 1. The topological polar surface area (TPSA) is 57.6 Å². The van der Waals surface area contributed by atoms with Gasteiger partial charge in [0, 0.05) is 11.6 Å². The van der Waals surface area contributed by atoms with E-state index in [9.17, 15) is 14.7 Å². The summed E-state index contributed by atoms with van der Waals surface area (Å²) in [7, 11) is 0. The third kappa shape index (κ3) is 1.90. The van der Waals surface area contributed by atoms with Crippen LogP contribution in [-0.4, -0.2) is 34.0 Å². The summed E-state index contributed by atoms with van der Waals surface area (Å²) in [5, 5.41) is 9.67.